The van der Waals surface area contributed by atoms with Gasteiger partial charge in [-0.25, -0.2) is 8.42 Å². The van der Waals surface area contributed by atoms with Crippen molar-refractivity contribution in [1.29, 1.82) is 0 Å². The van der Waals surface area contributed by atoms with Crippen LogP contribution in [0.4, 0.5) is 0 Å². The second-order valence-electron chi connectivity index (χ2n) is 6.63. The summed E-state index contributed by atoms with van der Waals surface area (Å²) < 4.78 is 32.1. The van der Waals surface area contributed by atoms with Crippen LogP contribution in [0.2, 0.25) is 0 Å². The fraction of sp³-hybridized carbons (Fsp3) is 0.556. The molecule has 1 aromatic carbocycles. The number of likely N-dealkylation sites (N-methyl/N-ethyl adjacent to an activating group) is 1. The first kappa shape index (κ1) is 21.3. The van der Waals surface area contributed by atoms with Crippen molar-refractivity contribution in [1.82, 2.24) is 14.9 Å². The predicted octanol–water partition coefficient (Wildman–Crippen LogP) is 0.598. The third-order valence-corrected chi connectivity index (χ3v) is 6.19. The SMILES string of the molecule is CCNC(=O)[C@@H](NC(=O)c1cccc(S(=O)(=O)N2CCOCC2)c1)C(C)C. The number of carbonyl (C=O) groups excluding carboxylic acids is 2. The molecule has 0 saturated carbocycles. The topological polar surface area (TPSA) is 105 Å². The van der Waals surface area contributed by atoms with Crippen molar-refractivity contribution in [2.45, 2.75) is 31.7 Å². The van der Waals surface area contributed by atoms with Crippen molar-refractivity contribution >= 4 is 21.8 Å². The van der Waals surface area contributed by atoms with Gasteiger partial charge < -0.3 is 15.4 Å². The highest BCUT2D eigenvalue weighted by Gasteiger charge is 2.28. The second-order valence-corrected chi connectivity index (χ2v) is 8.57. The summed E-state index contributed by atoms with van der Waals surface area (Å²) in [5.74, 6) is -0.863. The Morgan fingerprint density at radius 2 is 1.89 bits per heavy atom. The minimum atomic E-state index is -3.69. The van der Waals surface area contributed by atoms with Gasteiger partial charge in [-0.2, -0.15) is 4.31 Å². The highest BCUT2D eigenvalue weighted by atomic mass is 32.2. The van der Waals surface area contributed by atoms with E-state index < -0.39 is 22.0 Å². The summed E-state index contributed by atoms with van der Waals surface area (Å²) in [7, 11) is -3.69. The molecule has 0 aliphatic carbocycles. The average Bonchev–Trinajstić information content (AvgIpc) is 2.66. The van der Waals surface area contributed by atoms with Crippen molar-refractivity contribution in [3.05, 3.63) is 29.8 Å². The molecule has 0 bridgehead atoms. The number of sulfonamides is 1. The van der Waals surface area contributed by atoms with Gasteiger partial charge in [0.1, 0.15) is 6.04 Å². The number of nitrogens with zero attached hydrogens (tertiary/aromatic N) is 1. The maximum absolute atomic E-state index is 12.8. The number of carbonyl (C=O) groups is 2. The summed E-state index contributed by atoms with van der Waals surface area (Å²) in [5.41, 5.74) is 0.194. The van der Waals surface area contributed by atoms with Gasteiger partial charge >= 0.3 is 0 Å². The van der Waals surface area contributed by atoms with Crippen molar-refractivity contribution in [3.63, 3.8) is 0 Å². The van der Waals surface area contributed by atoms with Gasteiger partial charge in [-0.05, 0) is 31.0 Å². The zero-order valence-corrected chi connectivity index (χ0v) is 16.7. The van der Waals surface area contributed by atoms with Gasteiger partial charge in [-0.1, -0.05) is 19.9 Å². The highest BCUT2D eigenvalue weighted by molar-refractivity contribution is 7.89. The predicted molar refractivity (Wildman–Crippen MR) is 101 cm³/mol. The van der Waals surface area contributed by atoms with Gasteiger partial charge in [-0.3, -0.25) is 9.59 Å². The van der Waals surface area contributed by atoms with Crippen LogP contribution in [0.3, 0.4) is 0 Å². The molecule has 1 aliphatic rings. The summed E-state index contributed by atoms with van der Waals surface area (Å²) >= 11 is 0. The largest absolute Gasteiger partial charge is 0.379 e. The van der Waals surface area contributed by atoms with Crippen LogP contribution in [0, 0.1) is 5.92 Å². The number of hydrogen-bond donors (Lipinski definition) is 2. The number of hydrogen-bond acceptors (Lipinski definition) is 5. The molecule has 0 radical (unpaired) electrons. The quantitative estimate of drug-likeness (QED) is 0.701. The summed E-state index contributed by atoms with van der Waals surface area (Å²) in [6, 6.07) is 5.17. The summed E-state index contributed by atoms with van der Waals surface area (Å²) in [6.45, 7) is 7.20. The van der Waals surface area contributed by atoms with Crippen molar-refractivity contribution in [3.8, 4) is 0 Å². The average molecular weight is 397 g/mol. The first-order chi connectivity index (χ1) is 12.8. The van der Waals surface area contributed by atoms with Crippen molar-refractivity contribution < 1.29 is 22.7 Å². The molecule has 1 saturated heterocycles. The molecule has 9 heteroatoms. The van der Waals surface area contributed by atoms with Crippen LogP contribution in [0.5, 0.6) is 0 Å². The molecule has 1 fully saturated rings. The van der Waals surface area contributed by atoms with Crippen LogP contribution in [-0.2, 0) is 19.6 Å². The van der Waals surface area contributed by atoms with Gasteiger partial charge in [0.2, 0.25) is 15.9 Å². The Bertz CT molecular complexity index is 773. The number of rotatable bonds is 7. The lowest BCUT2D eigenvalue weighted by molar-refractivity contribution is -0.123. The molecular formula is C18H27N3O5S. The molecule has 0 spiro atoms. The van der Waals surface area contributed by atoms with E-state index in [1.165, 1.54) is 28.6 Å². The molecule has 1 heterocycles. The van der Waals surface area contributed by atoms with E-state index in [0.29, 0.717) is 19.8 Å². The van der Waals surface area contributed by atoms with Gasteiger partial charge in [0, 0.05) is 25.2 Å². The minimum absolute atomic E-state index is 0.0520. The lowest BCUT2D eigenvalue weighted by Gasteiger charge is -2.26. The van der Waals surface area contributed by atoms with Crippen LogP contribution in [0.1, 0.15) is 31.1 Å². The normalized spacial score (nSPS) is 16.7. The number of benzene rings is 1. The number of nitrogens with one attached hydrogen (secondary N) is 2. The van der Waals surface area contributed by atoms with Crippen LogP contribution in [0.15, 0.2) is 29.2 Å². The molecule has 2 N–H and O–H groups in total. The molecule has 150 valence electrons. The summed E-state index contributed by atoms with van der Waals surface area (Å²) in [4.78, 5) is 24.8. The molecule has 27 heavy (non-hydrogen) atoms. The molecule has 1 aromatic rings. The van der Waals surface area contributed by atoms with Gasteiger partial charge in [0.25, 0.3) is 5.91 Å². The van der Waals surface area contributed by atoms with Gasteiger partial charge in [0.05, 0.1) is 18.1 Å². The van der Waals surface area contributed by atoms with E-state index >= 15 is 0 Å². The van der Waals surface area contributed by atoms with E-state index in [9.17, 15) is 18.0 Å². The van der Waals surface area contributed by atoms with Crippen LogP contribution >= 0.6 is 0 Å². The molecule has 0 aromatic heterocycles. The standard InChI is InChI=1S/C18H27N3O5S/c1-4-19-18(23)16(13(2)3)20-17(22)14-6-5-7-15(12-14)27(24,25)21-8-10-26-11-9-21/h5-7,12-13,16H,4,8-11H2,1-3H3,(H,19,23)(H,20,22)/t16-/m0/s1. The molecule has 1 atom stereocenters. The molecule has 2 rings (SSSR count). The fourth-order valence-electron chi connectivity index (χ4n) is 2.78. The Morgan fingerprint density at radius 1 is 1.22 bits per heavy atom. The Morgan fingerprint density at radius 3 is 2.48 bits per heavy atom. The van der Waals surface area contributed by atoms with E-state index in [0.717, 1.165) is 0 Å². The van der Waals surface area contributed by atoms with E-state index in [2.05, 4.69) is 10.6 Å². The Hall–Kier alpha value is -1.97. The smallest absolute Gasteiger partial charge is 0.251 e. The molecule has 8 nitrogen and oxygen atoms in total. The first-order valence-electron chi connectivity index (χ1n) is 9.04. The van der Waals surface area contributed by atoms with E-state index in [-0.39, 0.29) is 35.4 Å². The third kappa shape index (κ3) is 5.27. The zero-order valence-electron chi connectivity index (χ0n) is 15.9. The molecule has 0 unspecified atom stereocenters. The minimum Gasteiger partial charge on any atom is -0.379 e. The number of amides is 2. The maximum atomic E-state index is 12.8. The molecule has 2 amide bonds. The van der Waals surface area contributed by atoms with Crippen LogP contribution < -0.4 is 10.6 Å². The van der Waals surface area contributed by atoms with Gasteiger partial charge in [-0.15, -0.1) is 0 Å². The first-order valence-corrected chi connectivity index (χ1v) is 10.5. The van der Waals surface area contributed by atoms with E-state index in [4.69, 9.17) is 4.74 Å². The summed E-state index contributed by atoms with van der Waals surface area (Å²) in [6.07, 6.45) is 0. The monoisotopic (exact) mass is 397 g/mol. The van der Waals surface area contributed by atoms with Gasteiger partial charge in [0.15, 0.2) is 0 Å². The molecular weight excluding hydrogens is 370 g/mol. The van der Waals surface area contributed by atoms with E-state index in [1.54, 1.807) is 6.92 Å². The van der Waals surface area contributed by atoms with Crippen molar-refractivity contribution in [2.24, 2.45) is 5.92 Å². The fourth-order valence-corrected chi connectivity index (χ4v) is 4.23. The van der Waals surface area contributed by atoms with Crippen LogP contribution in [0.25, 0.3) is 0 Å². The van der Waals surface area contributed by atoms with Crippen molar-refractivity contribution in [2.75, 3.05) is 32.8 Å². The van der Waals surface area contributed by atoms with Crippen LogP contribution in [-0.4, -0.2) is 63.4 Å². The molecule has 1 aliphatic heterocycles. The Kier molecular flexibility index (Phi) is 7.34. The Labute approximate surface area is 160 Å². The number of ether oxygens (including phenoxy) is 1. The summed E-state index contributed by atoms with van der Waals surface area (Å²) in [5, 5.41) is 5.39. The highest BCUT2D eigenvalue weighted by Crippen LogP contribution is 2.18. The zero-order chi connectivity index (χ0) is 20.0. The Balaban J connectivity index is 2.20. The number of morpholine rings is 1. The lowest BCUT2D eigenvalue weighted by atomic mass is 10.0. The third-order valence-electron chi connectivity index (χ3n) is 4.29. The maximum Gasteiger partial charge on any atom is 0.251 e. The van der Waals surface area contributed by atoms with E-state index in [1.807, 2.05) is 13.8 Å². The second kappa shape index (κ2) is 9.29. The lowest BCUT2D eigenvalue weighted by Crippen LogP contribution is -2.49.